The first-order chi connectivity index (χ1) is 7.75. The number of hydrogen-bond donors (Lipinski definition) is 2. The van der Waals surface area contributed by atoms with Crippen LogP contribution in [0.15, 0.2) is 22.8 Å². The fourth-order valence-electron chi connectivity index (χ4n) is 1.69. The number of amides is 1. The Labute approximate surface area is 99.2 Å². The van der Waals surface area contributed by atoms with Gasteiger partial charge in [-0.1, -0.05) is 0 Å². The zero-order chi connectivity index (χ0) is 11.4. The van der Waals surface area contributed by atoms with Crippen molar-refractivity contribution >= 4 is 17.7 Å². The predicted molar refractivity (Wildman–Crippen MR) is 64.3 cm³/mol. The highest BCUT2D eigenvalue weighted by atomic mass is 32.2. The SMILES string of the molecule is CC(Cc1ccco1)NC(=O)C1CSCN1. The Bertz CT molecular complexity index is 334. The van der Waals surface area contributed by atoms with E-state index < -0.39 is 0 Å². The van der Waals surface area contributed by atoms with Crippen LogP contribution in [0.2, 0.25) is 0 Å². The molecule has 1 aromatic heterocycles. The van der Waals surface area contributed by atoms with Crippen LogP contribution >= 0.6 is 11.8 Å². The molecule has 0 aromatic carbocycles. The second-order valence-corrected chi connectivity index (χ2v) is 5.00. The van der Waals surface area contributed by atoms with Crippen LogP contribution in [0.4, 0.5) is 0 Å². The van der Waals surface area contributed by atoms with Gasteiger partial charge < -0.3 is 9.73 Å². The monoisotopic (exact) mass is 240 g/mol. The van der Waals surface area contributed by atoms with Gasteiger partial charge in [0.15, 0.2) is 0 Å². The van der Waals surface area contributed by atoms with E-state index in [0.717, 1.165) is 23.8 Å². The van der Waals surface area contributed by atoms with Crippen LogP contribution in [0.1, 0.15) is 12.7 Å². The summed E-state index contributed by atoms with van der Waals surface area (Å²) in [6.45, 7) is 1.99. The lowest BCUT2D eigenvalue weighted by Gasteiger charge is -2.15. The summed E-state index contributed by atoms with van der Waals surface area (Å²) in [5.74, 6) is 2.72. The lowest BCUT2D eigenvalue weighted by Crippen LogP contribution is -2.46. The molecule has 4 nitrogen and oxygen atoms in total. The van der Waals surface area contributed by atoms with Crippen molar-refractivity contribution in [1.29, 1.82) is 0 Å². The van der Waals surface area contributed by atoms with Gasteiger partial charge in [-0.05, 0) is 19.1 Å². The molecule has 2 unspecified atom stereocenters. The van der Waals surface area contributed by atoms with Gasteiger partial charge in [0.1, 0.15) is 5.76 Å². The summed E-state index contributed by atoms with van der Waals surface area (Å²) in [6, 6.07) is 3.85. The molecule has 0 radical (unpaired) electrons. The molecule has 1 fully saturated rings. The number of hydrogen-bond acceptors (Lipinski definition) is 4. The summed E-state index contributed by atoms with van der Waals surface area (Å²) >= 11 is 1.75. The molecule has 1 saturated heterocycles. The summed E-state index contributed by atoms with van der Waals surface area (Å²) in [5, 5.41) is 6.13. The summed E-state index contributed by atoms with van der Waals surface area (Å²) < 4.78 is 5.24. The van der Waals surface area contributed by atoms with Crippen molar-refractivity contribution in [2.45, 2.75) is 25.4 Å². The average molecular weight is 240 g/mol. The van der Waals surface area contributed by atoms with Crippen LogP contribution in [0, 0.1) is 0 Å². The smallest absolute Gasteiger partial charge is 0.238 e. The summed E-state index contributed by atoms with van der Waals surface area (Å²) in [5.41, 5.74) is 0. The molecule has 2 heterocycles. The van der Waals surface area contributed by atoms with Crippen LogP contribution in [0.25, 0.3) is 0 Å². The maximum Gasteiger partial charge on any atom is 0.238 e. The van der Waals surface area contributed by atoms with Crippen molar-refractivity contribution in [3.05, 3.63) is 24.2 Å². The number of furan rings is 1. The average Bonchev–Trinajstić information content (AvgIpc) is 2.88. The van der Waals surface area contributed by atoms with Crippen LogP contribution in [0.3, 0.4) is 0 Å². The first-order valence-electron chi connectivity index (χ1n) is 5.39. The number of rotatable bonds is 4. The van der Waals surface area contributed by atoms with E-state index in [0.29, 0.717) is 0 Å². The van der Waals surface area contributed by atoms with Crippen molar-refractivity contribution in [1.82, 2.24) is 10.6 Å². The van der Waals surface area contributed by atoms with E-state index in [1.807, 2.05) is 19.1 Å². The maximum absolute atomic E-state index is 11.8. The molecule has 2 N–H and O–H groups in total. The van der Waals surface area contributed by atoms with E-state index in [9.17, 15) is 4.79 Å². The first-order valence-corrected chi connectivity index (χ1v) is 6.55. The minimum atomic E-state index is -0.0379. The van der Waals surface area contributed by atoms with Crippen molar-refractivity contribution in [2.75, 3.05) is 11.6 Å². The van der Waals surface area contributed by atoms with Gasteiger partial charge in [-0.3, -0.25) is 10.1 Å². The Morgan fingerprint density at radius 3 is 3.31 bits per heavy atom. The molecule has 88 valence electrons. The second-order valence-electron chi connectivity index (χ2n) is 3.96. The Hall–Kier alpha value is -0.940. The summed E-state index contributed by atoms with van der Waals surface area (Å²) in [6.07, 6.45) is 2.39. The van der Waals surface area contributed by atoms with Crippen molar-refractivity contribution < 1.29 is 9.21 Å². The van der Waals surface area contributed by atoms with E-state index in [2.05, 4.69) is 10.6 Å². The zero-order valence-corrected chi connectivity index (χ0v) is 10.0. The molecule has 16 heavy (non-hydrogen) atoms. The highest BCUT2D eigenvalue weighted by Gasteiger charge is 2.23. The highest BCUT2D eigenvalue weighted by Crippen LogP contribution is 2.10. The Morgan fingerprint density at radius 1 is 1.81 bits per heavy atom. The van der Waals surface area contributed by atoms with Gasteiger partial charge >= 0.3 is 0 Å². The number of nitrogens with one attached hydrogen (secondary N) is 2. The van der Waals surface area contributed by atoms with Gasteiger partial charge in [-0.15, -0.1) is 11.8 Å². The van der Waals surface area contributed by atoms with Gasteiger partial charge in [-0.25, -0.2) is 0 Å². The third kappa shape index (κ3) is 3.02. The van der Waals surface area contributed by atoms with Gasteiger partial charge in [-0.2, -0.15) is 0 Å². The molecule has 1 amide bonds. The van der Waals surface area contributed by atoms with E-state index in [4.69, 9.17) is 4.42 Å². The molecule has 2 atom stereocenters. The largest absolute Gasteiger partial charge is 0.469 e. The quantitative estimate of drug-likeness (QED) is 0.824. The van der Waals surface area contributed by atoms with Crippen LogP contribution in [-0.4, -0.2) is 29.6 Å². The van der Waals surface area contributed by atoms with Gasteiger partial charge in [0.25, 0.3) is 0 Å². The summed E-state index contributed by atoms with van der Waals surface area (Å²) in [7, 11) is 0. The third-order valence-electron chi connectivity index (χ3n) is 2.51. The highest BCUT2D eigenvalue weighted by molar-refractivity contribution is 7.99. The predicted octanol–water partition coefficient (Wildman–Crippen LogP) is 0.989. The summed E-state index contributed by atoms with van der Waals surface area (Å²) in [4.78, 5) is 11.8. The molecule has 0 bridgehead atoms. The van der Waals surface area contributed by atoms with Crippen molar-refractivity contribution in [2.24, 2.45) is 0 Å². The van der Waals surface area contributed by atoms with Gasteiger partial charge in [0, 0.05) is 24.1 Å². The maximum atomic E-state index is 11.8. The number of thioether (sulfide) groups is 1. The fourth-order valence-corrected chi connectivity index (χ4v) is 2.63. The van der Waals surface area contributed by atoms with E-state index in [1.54, 1.807) is 18.0 Å². The van der Waals surface area contributed by atoms with Gasteiger partial charge in [0.05, 0.1) is 12.3 Å². The topological polar surface area (TPSA) is 54.3 Å². The molecular formula is C11H16N2O2S. The molecule has 0 saturated carbocycles. The molecule has 1 aromatic rings. The Balaban J connectivity index is 1.78. The Morgan fingerprint density at radius 2 is 2.69 bits per heavy atom. The Kier molecular flexibility index (Phi) is 3.90. The lowest BCUT2D eigenvalue weighted by molar-refractivity contribution is -0.123. The molecular weight excluding hydrogens is 224 g/mol. The van der Waals surface area contributed by atoms with E-state index >= 15 is 0 Å². The van der Waals surface area contributed by atoms with Crippen molar-refractivity contribution in [3.63, 3.8) is 0 Å². The van der Waals surface area contributed by atoms with E-state index in [-0.39, 0.29) is 18.0 Å². The minimum absolute atomic E-state index is 0.0379. The standard InChI is InChI=1S/C11H16N2O2S/c1-8(5-9-3-2-4-15-9)13-11(14)10-6-16-7-12-10/h2-4,8,10,12H,5-7H2,1H3,(H,13,14). The molecule has 1 aliphatic heterocycles. The number of carbonyl (C=O) groups excluding carboxylic acids is 1. The van der Waals surface area contributed by atoms with Crippen molar-refractivity contribution in [3.8, 4) is 0 Å². The molecule has 2 rings (SSSR count). The molecule has 1 aliphatic rings. The minimum Gasteiger partial charge on any atom is -0.469 e. The molecule has 5 heteroatoms. The van der Waals surface area contributed by atoms with Gasteiger partial charge in [0.2, 0.25) is 5.91 Å². The zero-order valence-electron chi connectivity index (χ0n) is 9.23. The fraction of sp³-hybridized carbons (Fsp3) is 0.545. The lowest BCUT2D eigenvalue weighted by atomic mass is 10.2. The first kappa shape index (κ1) is 11.5. The van der Waals surface area contributed by atoms with Crippen LogP contribution in [-0.2, 0) is 11.2 Å². The molecule has 0 aliphatic carbocycles. The molecule has 0 spiro atoms. The number of carbonyl (C=O) groups is 1. The van der Waals surface area contributed by atoms with Crippen LogP contribution < -0.4 is 10.6 Å². The van der Waals surface area contributed by atoms with Crippen LogP contribution in [0.5, 0.6) is 0 Å². The normalized spacial score (nSPS) is 21.9. The second kappa shape index (κ2) is 5.41. The third-order valence-corrected chi connectivity index (χ3v) is 3.45. The van der Waals surface area contributed by atoms with E-state index in [1.165, 1.54) is 0 Å².